The van der Waals surface area contributed by atoms with Gasteiger partial charge in [-0.15, -0.1) is 0 Å². The molecule has 128 valence electrons. The van der Waals surface area contributed by atoms with Crippen LogP contribution in [0.25, 0.3) is 0 Å². The van der Waals surface area contributed by atoms with Crippen LogP contribution >= 0.6 is 0 Å². The smallest absolute Gasteiger partial charge is 0.310 e. The van der Waals surface area contributed by atoms with Gasteiger partial charge in [0, 0.05) is 18.5 Å². The second-order valence-corrected chi connectivity index (χ2v) is 5.92. The van der Waals surface area contributed by atoms with Gasteiger partial charge in [-0.25, -0.2) is 4.98 Å². The van der Waals surface area contributed by atoms with Crippen LogP contribution in [0.5, 0.6) is 0 Å². The Labute approximate surface area is 138 Å². The van der Waals surface area contributed by atoms with Crippen LogP contribution in [0.2, 0.25) is 0 Å². The Morgan fingerprint density at radius 1 is 1.46 bits per heavy atom. The van der Waals surface area contributed by atoms with E-state index >= 15 is 0 Å². The molecule has 1 aromatic heterocycles. The number of aliphatic carboxylic acids is 1. The number of ether oxygens (including phenoxy) is 2. The summed E-state index contributed by atoms with van der Waals surface area (Å²) < 4.78 is 10.3. The number of carbonyl (C=O) groups is 3. The summed E-state index contributed by atoms with van der Waals surface area (Å²) in [6.07, 6.45) is 1.39. The molecule has 2 fully saturated rings. The Balaban J connectivity index is 1.91. The van der Waals surface area contributed by atoms with Crippen molar-refractivity contribution in [1.82, 2.24) is 4.98 Å². The number of pyridine rings is 1. The molecule has 3 rings (SSSR count). The minimum atomic E-state index is -2.15. The summed E-state index contributed by atoms with van der Waals surface area (Å²) in [5.74, 6) is -4.13. The van der Waals surface area contributed by atoms with Crippen molar-refractivity contribution in [3.8, 4) is 0 Å². The van der Waals surface area contributed by atoms with Crippen LogP contribution in [0.3, 0.4) is 0 Å². The van der Waals surface area contributed by atoms with Crippen LogP contribution in [0, 0.1) is 0 Å². The average Bonchev–Trinajstić information content (AvgIpc) is 3.34. The highest BCUT2D eigenvalue weighted by atomic mass is 16.7. The number of aromatic nitrogens is 1. The molecule has 2 heterocycles. The zero-order valence-electron chi connectivity index (χ0n) is 13.2. The number of carboxylic acid groups (broad SMARTS) is 1. The number of carbonyl (C=O) groups excluding carboxylic acids is 2. The first-order valence-electron chi connectivity index (χ1n) is 7.75. The molecule has 1 aromatic rings. The largest absolute Gasteiger partial charge is 0.481 e. The summed E-state index contributed by atoms with van der Waals surface area (Å²) in [6.45, 7) is 1.36. The number of rotatable bonds is 5. The third-order valence-electron chi connectivity index (χ3n) is 3.94. The van der Waals surface area contributed by atoms with Gasteiger partial charge in [0.25, 0.3) is 0 Å². The fraction of sp³-hybridized carbons (Fsp3) is 0.500. The number of morpholine rings is 1. The van der Waals surface area contributed by atoms with Crippen molar-refractivity contribution in [3.05, 3.63) is 23.9 Å². The van der Waals surface area contributed by atoms with E-state index in [-0.39, 0.29) is 13.2 Å². The summed E-state index contributed by atoms with van der Waals surface area (Å²) in [5, 5.41) is 9.09. The third kappa shape index (κ3) is 3.23. The molecule has 1 aliphatic heterocycles. The van der Waals surface area contributed by atoms with Crippen molar-refractivity contribution in [1.29, 1.82) is 0 Å². The number of carboxylic acids is 1. The van der Waals surface area contributed by atoms with Crippen LogP contribution < -0.4 is 4.90 Å². The molecule has 1 saturated carbocycles. The van der Waals surface area contributed by atoms with Gasteiger partial charge in [0.1, 0.15) is 12.2 Å². The van der Waals surface area contributed by atoms with Crippen molar-refractivity contribution < 1.29 is 29.0 Å². The van der Waals surface area contributed by atoms with Gasteiger partial charge < -0.3 is 14.6 Å². The van der Waals surface area contributed by atoms with Gasteiger partial charge in [-0.2, -0.15) is 0 Å². The summed E-state index contributed by atoms with van der Waals surface area (Å²) in [6, 6.07) is 5.39. The minimum Gasteiger partial charge on any atom is -0.481 e. The monoisotopic (exact) mass is 334 g/mol. The predicted molar refractivity (Wildman–Crippen MR) is 81.3 cm³/mol. The first-order chi connectivity index (χ1) is 11.4. The van der Waals surface area contributed by atoms with E-state index in [0.29, 0.717) is 11.7 Å². The molecule has 1 saturated heterocycles. The number of nitrogens with zero attached hydrogens (tertiary/aromatic N) is 2. The van der Waals surface area contributed by atoms with Crippen LogP contribution in [-0.2, 0) is 23.9 Å². The normalized spacial score (nSPS) is 23.9. The molecule has 1 aliphatic carbocycles. The number of anilines is 1. The van der Waals surface area contributed by atoms with E-state index in [1.807, 2.05) is 12.1 Å². The molecule has 1 N–H and O–H groups in total. The Morgan fingerprint density at radius 2 is 2.21 bits per heavy atom. The van der Waals surface area contributed by atoms with Gasteiger partial charge in [0.05, 0.1) is 13.2 Å². The van der Waals surface area contributed by atoms with Crippen LogP contribution in [0.4, 0.5) is 5.82 Å². The molecule has 0 spiro atoms. The van der Waals surface area contributed by atoms with E-state index in [2.05, 4.69) is 4.98 Å². The van der Waals surface area contributed by atoms with Gasteiger partial charge in [-0.3, -0.25) is 19.3 Å². The van der Waals surface area contributed by atoms with Gasteiger partial charge in [0.15, 0.2) is 0 Å². The van der Waals surface area contributed by atoms with Crippen molar-refractivity contribution >= 4 is 23.7 Å². The maximum atomic E-state index is 12.8. The molecular formula is C16H18N2O6. The molecule has 0 radical (unpaired) electrons. The van der Waals surface area contributed by atoms with Gasteiger partial charge in [-0.1, -0.05) is 6.07 Å². The zero-order valence-corrected chi connectivity index (χ0v) is 13.2. The highest BCUT2D eigenvalue weighted by Crippen LogP contribution is 2.39. The summed E-state index contributed by atoms with van der Waals surface area (Å²) in [5.41, 5.74) is 0.906. The lowest BCUT2D eigenvalue weighted by atomic mass is 10.1. The average molecular weight is 334 g/mol. The Bertz CT molecular complexity index is 669. The van der Waals surface area contributed by atoms with E-state index in [4.69, 9.17) is 14.6 Å². The number of amides is 1. The molecule has 0 unspecified atom stereocenters. The van der Waals surface area contributed by atoms with Crippen LogP contribution in [0.15, 0.2) is 18.2 Å². The third-order valence-corrected chi connectivity index (χ3v) is 3.94. The molecule has 8 heteroatoms. The second kappa shape index (κ2) is 6.20. The van der Waals surface area contributed by atoms with Crippen molar-refractivity contribution in [2.75, 3.05) is 18.1 Å². The van der Waals surface area contributed by atoms with Crippen LogP contribution in [0.1, 0.15) is 37.8 Å². The zero-order chi connectivity index (χ0) is 17.3. The molecule has 0 bridgehead atoms. The lowest BCUT2D eigenvalue weighted by molar-refractivity contribution is -0.234. The van der Waals surface area contributed by atoms with E-state index in [1.165, 1.54) is 4.90 Å². The Hall–Kier alpha value is -2.48. The predicted octanol–water partition coefficient (Wildman–Crippen LogP) is 1.06. The van der Waals surface area contributed by atoms with Crippen molar-refractivity contribution in [2.24, 2.45) is 0 Å². The van der Waals surface area contributed by atoms with Crippen molar-refractivity contribution in [2.45, 2.75) is 37.9 Å². The molecule has 2 aliphatic rings. The second-order valence-electron chi connectivity index (χ2n) is 5.92. The quantitative estimate of drug-likeness (QED) is 0.802. The van der Waals surface area contributed by atoms with Crippen molar-refractivity contribution in [3.63, 3.8) is 0 Å². The number of hydrogen-bond donors (Lipinski definition) is 1. The standard InChI is InChI=1S/C16H18N2O6/c1-10(19)24-16(9-14(20)21)15(22)18(7-8-23-16)13-4-2-3-12(17-13)11-5-6-11/h2-4,11H,5-9H2,1H3,(H,20,21)/t16-/m1/s1. The summed E-state index contributed by atoms with van der Waals surface area (Å²) in [7, 11) is 0. The highest BCUT2D eigenvalue weighted by molar-refractivity contribution is 6.01. The molecule has 8 nitrogen and oxygen atoms in total. The molecule has 1 atom stereocenters. The topological polar surface area (TPSA) is 106 Å². The number of esters is 1. The van der Waals surface area contributed by atoms with Gasteiger partial charge >= 0.3 is 23.6 Å². The Morgan fingerprint density at radius 3 is 2.83 bits per heavy atom. The van der Waals surface area contributed by atoms with Crippen LogP contribution in [-0.4, -0.2) is 46.9 Å². The van der Waals surface area contributed by atoms with E-state index < -0.39 is 30.1 Å². The highest BCUT2D eigenvalue weighted by Gasteiger charge is 2.51. The molecule has 24 heavy (non-hydrogen) atoms. The van der Waals surface area contributed by atoms with Gasteiger partial charge in [-0.05, 0) is 25.0 Å². The van der Waals surface area contributed by atoms with E-state index in [0.717, 1.165) is 25.5 Å². The van der Waals surface area contributed by atoms with E-state index in [1.54, 1.807) is 6.07 Å². The fourth-order valence-corrected chi connectivity index (χ4v) is 2.75. The lowest BCUT2D eigenvalue weighted by Crippen LogP contribution is -2.60. The first kappa shape index (κ1) is 16.4. The lowest BCUT2D eigenvalue weighted by Gasteiger charge is -2.39. The molecule has 1 amide bonds. The fourth-order valence-electron chi connectivity index (χ4n) is 2.75. The SMILES string of the molecule is CC(=O)O[C@@]1(CC(=O)O)OCCN(c2cccc(C3CC3)n2)C1=O. The Kier molecular flexibility index (Phi) is 4.23. The first-order valence-corrected chi connectivity index (χ1v) is 7.75. The van der Waals surface area contributed by atoms with E-state index in [9.17, 15) is 14.4 Å². The summed E-state index contributed by atoms with van der Waals surface area (Å²) in [4.78, 5) is 41.1. The maximum absolute atomic E-state index is 12.8. The minimum absolute atomic E-state index is 0.0433. The number of hydrogen-bond acceptors (Lipinski definition) is 6. The van der Waals surface area contributed by atoms with Gasteiger partial charge in [0.2, 0.25) is 0 Å². The summed E-state index contributed by atoms with van der Waals surface area (Å²) >= 11 is 0. The molecule has 0 aromatic carbocycles. The molecular weight excluding hydrogens is 316 g/mol. The maximum Gasteiger partial charge on any atom is 0.310 e.